The van der Waals surface area contributed by atoms with Crippen molar-refractivity contribution in [1.29, 1.82) is 0 Å². The second-order valence-electron chi connectivity index (χ2n) is 10.4. The number of nitrogens with zero attached hydrogens (tertiary/aromatic N) is 3. The van der Waals surface area contributed by atoms with Gasteiger partial charge in [0.2, 0.25) is 0 Å². The molecule has 4 aliphatic rings. The molecule has 3 aromatic rings. The first kappa shape index (κ1) is 21.1. The summed E-state index contributed by atoms with van der Waals surface area (Å²) in [6.07, 6.45) is 11.9. The average Bonchev–Trinajstić information content (AvgIpc) is 3.21. The summed E-state index contributed by atoms with van der Waals surface area (Å²) in [5.74, 6) is 3.13. The summed E-state index contributed by atoms with van der Waals surface area (Å²) in [5, 5.41) is 27.4. The normalized spacial score (nSPS) is 27.9. The lowest BCUT2D eigenvalue weighted by Crippen LogP contribution is -2.48. The van der Waals surface area contributed by atoms with E-state index in [4.69, 9.17) is 11.6 Å². The molecule has 0 amide bonds. The second-order valence-corrected chi connectivity index (χ2v) is 10.8. The Bertz CT molecular complexity index is 1140. The Morgan fingerprint density at radius 2 is 1.82 bits per heavy atom. The van der Waals surface area contributed by atoms with Crippen molar-refractivity contribution >= 4 is 23.1 Å². The molecular formula is C26H29ClN4O2. The summed E-state index contributed by atoms with van der Waals surface area (Å²) < 4.78 is 1.83. The molecule has 2 aromatic heterocycles. The minimum Gasteiger partial charge on any atom is -0.364 e. The van der Waals surface area contributed by atoms with Crippen LogP contribution in [-0.4, -0.2) is 25.0 Å². The van der Waals surface area contributed by atoms with E-state index >= 15 is 0 Å². The highest BCUT2D eigenvalue weighted by molar-refractivity contribution is 6.31. The predicted molar refractivity (Wildman–Crippen MR) is 127 cm³/mol. The number of aromatic nitrogens is 3. The van der Waals surface area contributed by atoms with Crippen molar-refractivity contribution in [2.24, 2.45) is 17.8 Å². The van der Waals surface area contributed by atoms with Crippen LogP contribution in [0.25, 0.3) is 0 Å². The van der Waals surface area contributed by atoms with Gasteiger partial charge in [0.1, 0.15) is 5.82 Å². The Labute approximate surface area is 198 Å². The monoisotopic (exact) mass is 464 g/mol. The van der Waals surface area contributed by atoms with Gasteiger partial charge < -0.3 is 15.5 Å². The molecule has 0 radical (unpaired) electrons. The molecule has 4 saturated carbocycles. The molecular weight excluding hydrogens is 436 g/mol. The van der Waals surface area contributed by atoms with Crippen molar-refractivity contribution in [1.82, 2.24) is 14.8 Å². The third-order valence-corrected chi connectivity index (χ3v) is 8.40. The first-order chi connectivity index (χ1) is 16.0. The van der Waals surface area contributed by atoms with Crippen LogP contribution in [0.4, 0.5) is 11.5 Å². The number of rotatable bonds is 6. The van der Waals surface area contributed by atoms with Crippen molar-refractivity contribution < 1.29 is 10.2 Å². The number of hydrogen-bond acceptors (Lipinski definition) is 5. The van der Waals surface area contributed by atoms with Crippen molar-refractivity contribution in [3.05, 3.63) is 70.6 Å². The van der Waals surface area contributed by atoms with Crippen molar-refractivity contribution in [2.75, 3.05) is 5.32 Å². The zero-order chi connectivity index (χ0) is 22.6. The fourth-order valence-electron chi connectivity index (χ4n) is 7.03. The predicted octanol–water partition coefficient (Wildman–Crippen LogP) is 5.17. The van der Waals surface area contributed by atoms with Crippen LogP contribution in [0.3, 0.4) is 0 Å². The van der Waals surface area contributed by atoms with Gasteiger partial charge in [-0.2, -0.15) is 5.10 Å². The number of aliphatic hydroxyl groups is 2. The van der Waals surface area contributed by atoms with Crippen LogP contribution in [0.5, 0.6) is 0 Å². The fraction of sp³-hybridized carbons (Fsp3) is 0.462. The highest BCUT2D eigenvalue weighted by Crippen LogP contribution is 2.60. The van der Waals surface area contributed by atoms with Crippen molar-refractivity contribution in [3.63, 3.8) is 0 Å². The summed E-state index contributed by atoms with van der Waals surface area (Å²) >= 11 is 6.79. The van der Waals surface area contributed by atoms with Crippen molar-refractivity contribution in [3.8, 4) is 0 Å². The molecule has 172 valence electrons. The minimum atomic E-state index is -1.59. The summed E-state index contributed by atoms with van der Waals surface area (Å²) in [6, 6.07) is 9.98. The van der Waals surface area contributed by atoms with Crippen LogP contribution in [0, 0.1) is 17.8 Å². The number of nitrogens with one attached hydrogen (secondary N) is 1. The van der Waals surface area contributed by atoms with Crippen LogP contribution in [-0.2, 0) is 12.0 Å². The van der Waals surface area contributed by atoms with Gasteiger partial charge in [-0.05, 0) is 91.0 Å². The molecule has 7 rings (SSSR count). The second kappa shape index (κ2) is 8.12. The number of benzene rings is 1. The maximum absolute atomic E-state index is 9.54. The quantitative estimate of drug-likeness (QED) is 0.438. The van der Waals surface area contributed by atoms with Gasteiger partial charge in [-0.25, -0.2) is 4.98 Å². The molecule has 4 bridgehead atoms. The molecule has 1 aromatic carbocycles. The Kier molecular flexibility index (Phi) is 5.20. The van der Waals surface area contributed by atoms with Gasteiger partial charge in [0, 0.05) is 17.4 Å². The van der Waals surface area contributed by atoms with Gasteiger partial charge >= 0.3 is 0 Å². The van der Waals surface area contributed by atoms with E-state index in [1.54, 1.807) is 24.5 Å². The largest absolute Gasteiger partial charge is 0.364 e. The Morgan fingerprint density at radius 1 is 1.09 bits per heavy atom. The molecule has 3 N–H and O–H groups in total. The number of halogens is 1. The number of pyridine rings is 1. The zero-order valence-corrected chi connectivity index (χ0v) is 19.2. The van der Waals surface area contributed by atoms with Gasteiger partial charge in [0.15, 0.2) is 6.29 Å². The third-order valence-electron chi connectivity index (χ3n) is 8.05. The number of aliphatic hydroxyl groups excluding tert-OH is 1. The summed E-state index contributed by atoms with van der Waals surface area (Å²) in [5.41, 5.74) is 3.86. The van der Waals surface area contributed by atoms with Gasteiger partial charge in [-0.3, -0.25) is 4.68 Å². The molecule has 4 aliphatic carbocycles. The van der Waals surface area contributed by atoms with E-state index in [0.717, 1.165) is 34.0 Å². The summed E-state index contributed by atoms with van der Waals surface area (Å²) in [4.78, 5) is 4.20. The first-order valence-corrected chi connectivity index (χ1v) is 12.2. The topological polar surface area (TPSA) is 83.2 Å². The molecule has 0 atom stereocenters. The fourth-order valence-corrected chi connectivity index (χ4v) is 7.27. The lowest BCUT2D eigenvalue weighted by molar-refractivity contribution is -0.0420. The molecule has 0 unspecified atom stereocenters. The van der Waals surface area contributed by atoms with Gasteiger partial charge in [0.05, 0.1) is 24.0 Å². The molecule has 4 fully saturated rings. The van der Waals surface area contributed by atoms with E-state index < -0.39 is 6.29 Å². The smallest absolute Gasteiger partial charge is 0.182 e. The van der Waals surface area contributed by atoms with Crippen LogP contribution >= 0.6 is 11.6 Å². The molecule has 0 spiro atoms. The SMILES string of the molecule is OC(O)c1cccnc1Nc1cnn(Cc2ccc(C34CC5CC(CC(C5)C3)C4)cc2Cl)c1. The maximum Gasteiger partial charge on any atom is 0.182 e. The number of anilines is 2. The van der Waals surface area contributed by atoms with Crippen LogP contribution < -0.4 is 5.32 Å². The van der Waals surface area contributed by atoms with Crippen LogP contribution in [0.2, 0.25) is 5.02 Å². The Hall–Kier alpha value is -2.41. The van der Waals surface area contributed by atoms with Crippen molar-refractivity contribution in [2.45, 2.75) is 56.8 Å². The van der Waals surface area contributed by atoms with Gasteiger partial charge in [0.25, 0.3) is 0 Å². The zero-order valence-electron chi connectivity index (χ0n) is 18.5. The lowest BCUT2D eigenvalue weighted by atomic mass is 9.48. The first-order valence-electron chi connectivity index (χ1n) is 11.9. The Morgan fingerprint density at radius 3 is 2.48 bits per heavy atom. The average molecular weight is 465 g/mol. The van der Waals surface area contributed by atoms with Gasteiger partial charge in [-0.1, -0.05) is 23.7 Å². The van der Waals surface area contributed by atoms with E-state index in [1.165, 1.54) is 44.1 Å². The lowest BCUT2D eigenvalue weighted by Gasteiger charge is -2.57. The van der Waals surface area contributed by atoms with E-state index in [-0.39, 0.29) is 0 Å². The number of hydrogen-bond donors (Lipinski definition) is 3. The minimum absolute atomic E-state index is 0.313. The summed E-state index contributed by atoms with van der Waals surface area (Å²) in [7, 11) is 0. The molecule has 0 saturated heterocycles. The highest BCUT2D eigenvalue weighted by Gasteiger charge is 2.51. The van der Waals surface area contributed by atoms with E-state index in [2.05, 4.69) is 33.6 Å². The maximum atomic E-state index is 9.54. The van der Waals surface area contributed by atoms with Gasteiger partial charge in [-0.15, -0.1) is 0 Å². The summed E-state index contributed by atoms with van der Waals surface area (Å²) in [6.45, 7) is 0.569. The molecule has 0 aliphatic heterocycles. The van der Waals surface area contributed by atoms with E-state index in [9.17, 15) is 10.2 Å². The van der Waals surface area contributed by atoms with E-state index in [1.807, 2.05) is 10.9 Å². The molecule has 7 heteroatoms. The molecule has 2 heterocycles. The molecule has 33 heavy (non-hydrogen) atoms. The third kappa shape index (κ3) is 3.94. The van der Waals surface area contributed by atoms with Crippen LogP contribution in [0.15, 0.2) is 48.9 Å². The Balaban J connectivity index is 1.18. The van der Waals surface area contributed by atoms with E-state index in [0.29, 0.717) is 23.3 Å². The highest BCUT2D eigenvalue weighted by atomic mass is 35.5. The van der Waals surface area contributed by atoms with Crippen LogP contribution in [0.1, 0.15) is 61.5 Å². The molecule has 6 nitrogen and oxygen atoms in total. The standard InChI is InChI=1S/C26H29ClN4O2/c27-23-9-20(26-10-16-6-17(11-26)8-18(7-16)12-26)4-3-19(23)14-31-15-21(13-29-31)30-24-22(25(32)33)2-1-5-28-24/h1-5,9,13,15-18,25,32-33H,6-8,10-12,14H2,(H,28,30).